The minimum atomic E-state index is -0.497. The summed E-state index contributed by atoms with van der Waals surface area (Å²) in [5.41, 5.74) is 1.47. The smallest absolute Gasteiger partial charge is 0.257 e. The maximum Gasteiger partial charge on any atom is 0.257 e. The van der Waals surface area contributed by atoms with E-state index in [1.807, 2.05) is 31.2 Å². The number of hydrogen-bond donors (Lipinski definition) is 1. The first kappa shape index (κ1) is 23.5. The third-order valence-corrected chi connectivity index (χ3v) is 5.79. The van der Waals surface area contributed by atoms with Gasteiger partial charge in [-0.25, -0.2) is 9.37 Å². The van der Waals surface area contributed by atoms with Crippen LogP contribution in [0.4, 0.5) is 15.9 Å². The van der Waals surface area contributed by atoms with Crippen molar-refractivity contribution in [2.75, 3.05) is 38.1 Å². The van der Waals surface area contributed by atoms with Gasteiger partial charge in [-0.2, -0.15) is 0 Å². The molecule has 0 radical (unpaired) electrons. The van der Waals surface area contributed by atoms with Gasteiger partial charge >= 0.3 is 0 Å². The Labute approximate surface area is 202 Å². The molecule has 2 amide bonds. The van der Waals surface area contributed by atoms with Crippen molar-refractivity contribution in [1.82, 2.24) is 14.8 Å². The number of hydrogen-bond acceptors (Lipinski definition) is 5. The molecule has 1 aromatic heterocycles. The van der Waals surface area contributed by atoms with E-state index in [2.05, 4.69) is 10.3 Å². The SMILES string of the molecule is CCOc1ccc(Nc2ncccc2C(=O)N2CCN(C(=O)c3ccc(F)cc3Cl)CC2)cc1. The molecule has 0 aliphatic carbocycles. The van der Waals surface area contributed by atoms with Gasteiger partial charge in [0.2, 0.25) is 0 Å². The Morgan fingerprint density at radius 3 is 2.26 bits per heavy atom. The van der Waals surface area contributed by atoms with Crippen molar-refractivity contribution in [2.24, 2.45) is 0 Å². The van der Waals surface area contributed by atoms with Gasteiger partial charge in [0.25, 0.3) is 11.8 Å². The normalized spacial score (nSPS) is 13.5. The number of nitrogens with one attached hydrogen (secondary N) is 1. The van der Waals surface area contributed by atoms with Gasteiger partial charge in [0.05, 0.1) is 22.8 Å². The maximum absolute atomic E-state index is 13.3. The Morgan fingerprint density at radius 2 is 1.65 bits per heavy atom. The molecule has 0 unspecified atom stereocenters. The van der Waals surface area contributed by atoms with Crippen LogP contribution >= 0.6 is 11.6 Å². The summed E-state index contributed by atoms with van der Waals surface area (Å²) in [6.07, 6.45) is 1.62. The fourth-order valence-electron chi connectivity index (χ4n) is 3.73. The first-order valence-electron chi connectivity index (χ1n) is 10.9. The first-order valence-corrected chi connectivity index (χ1v) is 11.3. The zero-order chi connectivity index (χ0) is 24.1. The van der Waals surface area contributed by atoms with Crippen LogP contribution in [-0.2, 0) is 0 Å². The molecular weight excluding hydrogens is 459 g/mol. The lowest BCUT2D eigenvalue weighted by atomic mass is 10.1. The summed E-state index contributed by atoms with van der Waals surface area (Å²) in [6.45, 7) is 3.93. The summed E-state index contributed by atoms with van der Waals surface area (Å²) >= 11 is 6.04. The minimum Gasteiger partial charge on any atom is -0.494 e. The predicted molar refractivity (Wildman–Crippen MR) is 128 cm³/mol. The molecule has 34 heavy (non-hydrogen) atoms. The summed E-state index contributed by atoms with van der Waals surface area (Å²) in [6, 6.07) is 14.6. The number of aromatic nitrogens is 1. The molecule has 9 heteroatoms. The Morgan fingerprint density at radius 1 is 1.00 bits per heavy atom. The van der Waals surface area contributed by atoms with Crippen LogP contribution in [0.3, 0.4) is 0 Å². The summed E-state index contributed by atoms with van der Waals surface area (Å²) in [4.78, 5) is 33.7. The lowest BCUT2D eigenvalue weighted by Crippen LogP contribution is -2.50. The van der Waals surface area contributed by atoms with Crippen LogP contribution < -0.4 is 10.1 Å². The van der Waals surface area contributed by atoms with Gasteiger partial charge in [-0.1, -0.05) is 11.6 Å². The molecule has 1 aliphatic heterocycles. The van der Waals surface area contributed by atoms with E-state index in [9.17, 15) is 14.0 Å². The zero-order valence-electron chi connectivity index (χ0n) is 18.6. The lowest BCUT2D eigenvalue weighted by Gasteiger charge is -2.35. The van der Waals surface area contributed by atoms with Gasteiger partial charge in [0.15, 0.2) is 0 Å². The number of pyridine rings is 1. The molecular formula is C25H24ClFN4O3. The number of nitrogens with zero attached hydrogens (tertiary/aromatic N) is 3. The number of rotatable bonds is 6. The van der Waals surface area contributed by atoms with E-state index in [0.29, 0.717) is 44.2 Å². The average Bonchev–Trinajstić information content (AvgIpc) is 2.85. The number of ether oxygens (including phenoxy) is 1. The molecule has 0 atom stereocenters. The Bertz CT molecular complexity index is 1180. The Kier molecular flexibility index (Phi) is 7.27. The molecule has 1 saturated heterocycles. The molecule has 0 saturated carbocycles. The second kappa shape index (κ2) is 10.5. The molecule has 1 aliphatic rings. The van der Waals surface area contributed by atoms with Crippen LogP contribution in [0.25, 0.3) is 0 Å². The second-order valence-corrected chi connectivity index (χ2v) is 8.10. The van der Waals surface area contributed by atoms with Crippen LogP contribution in [0.5, 0.6) is 5.75 Å². The summed E-state index contributed by atoms with van der Waals surface area (Å²) in [5.74, 6) is 0.265. The van der Waals surface area contributed by atoms with E-state index in [4.69, 9.17) is 16.3 Å². The number of anilines is 2. The molecule has 1 N–H and O–H groups in total. The summed E-state index contributed by atoms with van der Waals surface area (Å²) < 4.78 is 18.8. The van der Waals surface area contributed by atoms with Gasteiger partial charge in [-0.05, 0) is 61.5 Å². The topological polar surface area (TPSA) is 74.8 Å². The van der Waals surface area contributed by atoms with Crippen LogP contribution in [0.2, 0.25) is 5.02 Å². The number of carbonyl (C=O) groups is 2. The van der Waals surface area contributed by atoms with E-state index >= 15 is 0 Å². The third kappa shape index (κ3) is 5.28. The molecule has 4 rings (SSSR count). The van der Waals surface area contributed by atoms with Gasteiger partial charge in [0.1, 0.15) is 17.4 Å². The monoisotopic (exact) mass is 482 g/mol. The minimum absolute atomic E-state index is 0.0730. The predicted octanol–water partition coefficient (Wildman–Crippen LogP) is 4.61. The van der Waals surface area contributed by atoms with Crippen LogP contribution in [0.15, 0.2) is 60.8 Å². The van der Waals surface area contributed by atoms with E-state index in [1.165, 1.54) is 12.1 Å². The van der Waals surface area contributed by atoms with Crippen LogP contribution in [-0.4, -0.2) is 59.4 Å². The lowest BCUT2D eigenvalue weighted by molar-refractivity contribution is 0.0536. The Hall–Kier alpha value is -3.65. The third-order valence-electron chi connectivity index (χ3n) is 5.48. The second-order valence-electron chi connectivity index (χ2n) is 7.69. The first-order chi connectivity index (χ1) is 16.5. The fraction of sp³-hybridized carbons (Fsp3) is 0.240. The van der Waals surface area contributed by atoms with Crippen molar-refractivity contribution in [3.8, 4) is 5.75 Å². The van der Waals surface area contributed by atoms with Gasteiger partial charge in [-0.3, -0.25) is 9.59 Å². The van der Waals surface area contributed by atoms with Crippen LogP contribution in [0.1, 0.15) is 27.6 Å². The van der Waals surface area contributed by atoms with Crippen LogP contribution in [0, 0.1) is 5.82 Å². The largest absolute Gasteiger partial charge is 0.494 e. The van der Waals surface area contributed by atoms with Crippen molar-refractivity contribution < 1.29 is 18.7 Å². The quantitative estimate of drug-likeness (QED) is 0.555. The molecule has 0 spiro atoms. The zero-order valence-corrected chi connectivity index (χ0v) is 19.4. The van der Waals surface area contributed by atoms with Crippen molar-refractivity contribution >= 4 is 34.9 Å². The van der Waals surface area contributed by atoms with E-state index in [-0.39, 0.29) is 22.4 Å². The van der Waals surface area contributed by atoms with Gasteiger partial charge in [0, 0.05) is 38.1 Å². The summed E-state index contributed by atoms with van der Waals surface area (Å²) in [5, 5.41) is 3.27. The van der Waals surface area contributed by atoms with E-state index in [1.54, 1.807) is 28.1 Å². The highest BCUT2D eigenvalue weighted by Crippen LogP contribution is 2.24. The number of amides is 2. The number of halogens is 2. The molecule has 3 aromatic rings. The molecule has 176 valence electrons. The standard InChI is InChI=1S/C25H24ClFN4O3/c1-2-34-19-8-6-18(7-9-19)29-23-21(4-3-11-28-23)25(33)31-14-12-30(13-15-31)24(32)20-10-5-17(27)16-22(20)26/h3-11,16H,2,12-15H2,1H3,(H,28,29). The molecule has 7 nitrogen and oxygen atoms in total. The highest BCUT2D eigenvalue weighted by Gasteiger charge is 2.28. The van der Waals surface area contributed by atoms with Gasteiger partial charge in [-0.15, -0.1) is 0 Å². The number of benzene rings is 2. The average molecular weight is 483 g/mol. The highest BCUT2D eigenvalue weighted by atomic mass is 35.5. The maximum atomic E-state index is 13.3. The van der Waals surface area contributed by atoms with E-state index < -0.39 is 5.82 Å². The van der Waals surface area contributed by atoms with Crippen molar-refractivity contribution in [2.45, 2.75) is 6.92 Å². The number of carbonyl (C=O) groups excluding carboxylic acids is 2. The fourth-order valence-corrected chi connectivity index (χ4v) is 3.98. The van der Waals surface area contributed by atoms with Crippen molar-refractivity contribution in [3.05, 3.63) is 82.8 Å². The van der Waals surface area contributed by atoms with Gasteiger partial charge < -0.3 is 19.9 Å². The van der Waals surface area contributed by atoms with Crippen molar-refractivity contribution in [1.29, 1.82) is 0 Å². The van der Waals surface area contributed by atoms with Crippen molar-refractivity contribution in [3.63, 3.8) is 0 Å². The molecule has 1 fully saturated rings. The molecule has 2 heterocycles. The Balaban J connectivity index is 1.42. The highest BCUT2D eigenvalue weighted by molar-refractivity contribution is 6.33. The molecule has 2 aromatic carbocycles. The number of piperazine rings is 1. The summed E-state index contributed by atoms with van der Waals surface area (Å²) in [7, 11) is 0. The van der Waals surface area contributed by atoms with E-state index in [0.717, 1.165) is 17.5 Å². The molecule has 0 bridgehead atoms.